The van der Waals surface area contributed by atoms with E-state index in [9.17, 15) is 44.3 Å². The molecule has 1 aromatic carbocycles. The van der Waals surface area contributed by atoms with Gasteiger partial charge in [-0.05, 0) is 12.1 Å². The van der Waals surface area contributed by atoms with Gasteiger partial charge in [-0.2, -0.15) is 0 Å². The van der Waals surface area contributed by atoms with E-state index < -0.39 is 87.3 Å². The van der Waals surface area contributed by atoms with Crippen LogP contribution in [0.5, 0.6) is 0 Å². The summed E-state index contributed by atoms with van der Waals surface area (Å²) in [4.78, 5) is 61.0. The summed E-state index contributed by atoms with van der Waals surface area (Å²) in [6.45, 7) is -1.58. The Hall–Kier alpha value is -4.21. The SMILES string of the molecule is O=C(Nc1ncnc2c1ncn2[C@@H]1O[C@H](CO)[C@@H](OP(=O)(O)OC[C@H]2O[C@@H](n3ccc(=O)[nH]c3=O)[C@H](O)[C@@H]2O)[C@H]1O)c1ccccc1. The van der Waals surface area contributed by atoms with Crippen molar-refractivity contribution >= 4 is 30.7 Å². The van der Waals surface area contributed by atoms with E-state index in [4.69, 9.17) is 18.5 Å². The average molecular weight is 678 g/mol. The summed E-state index contributed by atoms with van der Waals surface area (Å²) in [7, 11) is -5.08. The Morgan fingerprint density at radius 2 is 1.70 bits per heavy atom. The Morgan fingerprint density at radius 3 is 2.43 bits per heavy atom. The highest BCUT2D eigenvalue weighted by Gasteiger charge is 2.50. The van der Waals surface area contributed by atoms with E-state index in [2.05, 4.69) is 20.3 Å². The summed E-state index contributed by atoms with van der Waals surface area (Å²) < 4.78 is 36.3. The Labute approximate surface area is 262 Å². The van der Waals surface area contributed by atoms with Crippen LogP contribution in [0.4, 0.5) is 5.82 Å². The number of aromatic nitrogens is 6. The third-order valence-corrected chi connectivity index (χ3v) is 8.49. The number of phosphoric acid groups is 1. The van der Waals surface area contributed by atoms with Crippen molar-refractivity contribution < 1.29 is 53.2 Å². The lowest BCUT2D eigenvalue weighted by Crippen LogP contribution is -2.37. The number of ether oxygens (including phenoxy) is 2. The molecule has 3 aromatic heterocycles. The Kier molecular flexibility index (Phi) is 9.14. The molecule has 1 amide bonds. The first-order valence-corrected chi connectivity index (χ1v) is 15.4. The third kappa shape index (κ3) is 6.51. The fourth-order valence-corrected chi connectivity index (χ4v) is 6.17. The second-order valence-corrected chi connectivity index (χ2v) is 11.9. The number of rotatable bonds is 10. The minimum Gasteiger partial charge on any atom is -0.394 e. The largest absolute Gasteiger partial charge is 0.472 e. The Morgan fingerprint density at radius 1 is 0.979 bits per heavy atom. The lowest BCUT2D eigenvalue weighted by molar-refractivity contribution is -0.0610. The summed E-state index contributed by atoms with van der Waals surface area (Å²) in [6, 6.07) is 9.34. The Balaban J connectivity index is 1.14. The van der Waals surface area contributed by atoms with Crippen LogP contribution in [0, 0.1) is 0 Å². The van der Waals surface area contributed by atoms with Crippen molar-refractivity contribution in [3.05, 3.63) is 81.7 Å². The van der Waals surface area contributed by atoms with E-state index in [1.165, 1.54) is 10.9 Å². The molecule has 2 aliphatic heterocycles. The van der Waals surface area contributed by atoms with Gasteiger partial charge in [0.05, 0.1) is 19.5 Å². The van der Waals surface area contributed by atoms with Gasteiger partial charge in [0.1, 0.15) is 43.0 Å². The summed E-state index contributed by atoms with van der Waals surface area (Å²) >= 11 is 0. The zero-order chi connectivity index (χ0) is 33.5. The van der Waals surface area contributed by atoms with E-state index in [1.54, 1.807) is 30.3 Å². The van der Waals surface area contributed by atoms with Crippen LogP contribution >= 0.6 is 7.82 Å². The van der Waals surface area contributed by atoms with Gasteiger partial charge < -0.3 is 40.1 Å². The van der Waals surface area contributed by atoms with Gasteiger partial charge >= 0.3 is 13.5 Å². The number of hydrogen-bond donors (Lipinski definition) is 7. The van der Waals surface area contributed by atoms with Crippen molar-refractivity contribution in [2.45, 2.75) is 49.1 Å². The number of imidazole rings is 1. The zero-order valence-corrected chi connectivity index (χ0v) is 24.8. The number of hydrogen-bond acceptors (Lipinski definition) is 15. The number of aromatic amines is 1. The van der Waals surface area contributed by atoms with Crippen LogP contribution in [-0.4, -0.2) is 110 Å². The normalized spacial score (nSPS) is 28.8. The van der Waals surface area contributed by atoms with Crippen molar-refractivity contribution in [3.63, 3.8) is 0 Å². The number of aliphatic hydroxyl groups is 4. The van der Waals surface area contributed by atoms with Crippen LogP contribution in [0.3, 0.4) is 0 Å². The van der Waals surface area contributed by atoms with Crippen LogP contribution < -0.4 is 16.6 Å². The minimum absolute atomic E-state index is 0.0592. The number of carbonyl (C=O) groups is 1. The lowest BCUT2D eigenvalue weighted by Gasteiger charge is -2.23. The van der Waals surface area contributed by atoms with E-state index in [0.717, 1.165) is 23.2 Å². The number of amides is 1. The number of phosphoric ester groups is 1. The molecular formula is C26H28N7O13P. The van der Waals surface area contributed by atoms with Gasteiger partial charge in [0, 0.05) is 17.8 Å². The van der Waals surface area contributed by atoms with Gasteiger partial charge in [-0.15, -0.1) is 0 Å². The molecule has 0 bridgehead atoms. The van der Waals surface area contributed by atoms with Crippen LogP contribution in [0.1, 0.15) is 22.8 Å². The maximum absolute atomic E-state index is 12.9. The van der Waals surface area contributed by atoms with Gasteiger partial charge in [0.25, 0.3) is 11.5 Å². The lowest BCUT2D eigenvalue weighted by atomic mass is 10.1. The molecule has 0 saturated carbocycles. The topological polar surface area (TPSA) is 283 Å². The smallest absolute Gasteiger partial charge is 0.394 e. The number of nitrogens with one attached hydrogen (secondary N) is 2. The van der Waals surface area contributed by atoms with Crippen LogP contribution in [0.15, 0.2) is 64.8 Å². The van der Waals surface area contributed by atoms with Gasteiger partial charge in [-0.3, -0.25) is 32.8 Å². The molecule has 20 nitrogen and oxygen atoms in total. The molecule has 0 spiro atoms. The quantitative estimate of drug-likeness (QED) is 0.0894. The maximum Gasteiger partial charge on any atom is 0.472 e. The monoisotopic (exact) mass is 677 g/mol. The minimum atomic E-state index is -5.08. The Bertz CT molecular complexity index is 1920. The zero-order valence-electron chi connectivity index (χ0n) is 23.9. The molecule has 1 unspecified atom stereocenters. The molecule has 250 valence electrons. The number of carbonyl (C=O) groups excluding carboxylic acids is 1. The number of aliphatic hydroxyl groups excluding tert-OH is 4. The maximum atomic E-state index is 12.9. The molecule has 6 rings (SSSR count). The molecular weight excluding hydrogens is 649 g/mol. The predicted molar refractivity (Wildman–Crippen MR) is 155 cm³/mol. The van der Waals surface area contributed by atoms with Crippen molar-refractivity contribution in [1.82, 2.24) is 29.1 Å². The molecule has 2 aliphatic rings. The van der Waals surface area contributed by atoms with Crippen molar-refractivity contribution in [3.8, 4) is 0 Å². The van der Waals surface area contributed by atoms with Gasteiger partial charge in [-0.1, -0.05) is 18.2 Å². The van der Waals surface area contributed by atoms with Crippen LogP contribution in [0.2, 0.25) is 0 Å². The highest BCUT2D eigenvalue weighted by molar-refractivity contribution is 7.47. The summed E-state index contributed by atoms with van der Waals surface area (Å²) in [5.41, 5.74) is -1.03. The first-order valence-electron chi connectivity index (χ1n) is 13.9. The molecule has 7 N–H and O–H groups in total. The molecule has 47 heavy (non-hydrogen) atoms. The van der Waals surface area contributed by atoms with Crippen molar-refractivity contribution in [2.75, 3.05) is 18.5 Å². The van der Waals surface area contributed by atoms with E-state index in [1.807, 2.05) is 4.98 Å². The number of H-pyrrole nitrogens is 1. The van der Waals surface area contributed by atoms with Crippen molar-refractivity contribution in [1.29, 1.82) is 0 Å². The van der Waals surface area contributed by atoms with Gasteiger partial charge in [0.15, 0.2) is 29.4 Å². The first-order chi connectivity index (χ1) is 22.5. The molecule has 0 aliphatic carbocycles. The highest BCUT2D eigenvalue weighted by Crippen LogP contribution is 2.49. The predicted octanol–water partition coefficient (Wildman–Crippen LogP) is -2.00. The van der Waals surface area contributed by atoms with Crippen LogP contribution in [-0.2, 0) is 23.1 Å². The second-order valence-electron chi connectivity index (χ2n) is 10.5. The van der Waals surface area contributed by atoms with E-state index >= 15 is 0 Å². The molecule has 4 aromatic rings. The van der Waals surface area contributed by atoms with Crippen molar-refractivity contribution in [2.24, 2.45) is 0 Å². The molecule has 2 fully saturated rings. The summed E-state index contributed by atoms with van der Waals surface area (Å²) in [6.07, 6.45) is -8.88. The number of nitrogens with zero attached hydrogens (tertiary/aromatic N) is 5. The molecule has 0 radical (unpaired) electrons. The number of benzene rings is 1. The van der Waals surface area contributed by atoms with E-state index in [-0.39, 0.29) is 17.0 Å². The molecule has 21 heteroatoms. The van der Waals surface area contributed by atoms with Crippen LogP contribution in [0.25, 0.3) is 11.2 Å². The van der Waals surface area contributed by atoms with Gasteiger partial charge in [0.2, 0.25) is 0 Å². The number of anilines is 1. The molecule has 9 atom stereocenters. The standard InChI is InChI=1S/C26H28N7O13P/c34-8-13-20(46-47(41,42)43-9-14-17(36)18(37)24(45-14)32-7-6-15(35)30-26(32)40)19(38)25(44-13)33-11-29-16-21(27-10-28-22(16)33)31-23(39)12-4-2-1-3-5-12/h1-7,10-11,13-14,17-20,24-25,34,36-38H,8-9H2,(H,41,42)(H,30,35,40)(H,27,28,31,39)/t13-,14-,17-,18-,19-,20-,24-,25-/m1/s1. The summed E-state index contributed by atoms with van der Waals surface area (Å²) in [5, 5.41) is 44.4. The fourth-order valence-electron chi connectivity index (χ4n) is 5.20. The molecule has 2 saturated heterocycles. The summed E-state index contributed by atoms with van der Waals surface area (Å²) in [5.74, 6) is -0.403. The second kappa shape index (κ2) is 13.1. The van der Waals surface area contributed by atoms with Gasteiger partial charge in [-0.25, -0.2) is 24.3 Å². The van der Waals surface area contributed by atoms with E-state index in [0.29, 0.717) is 5.56 Å². The number of fused-ring (bicyclic) bond motifs is 1. The highest BCUT2D eigenvalue weighted by atomic mass is 31.2. The fraction of sp³-hybridized carbons (Fsp3) is 0.385. The average Bonchev–Trinajstić information content (AvgIpc) is 3.70. The molecule has 5 heterocycles. The first kappa shape index (κ1) is 32.7. The third-order valence-electron chi connectivity index (χ3n) is 7.51.